The summed E-state index contributed by atoms with van der Waals surface area (Å²) in [5, 5.41) is 11.7. The first-order valence-electron chi connectivity index (χ1n) is 8.01. The normalized spacial score (nSPS) is 17.2. The zero-order valence-corrected chi connectivity index (χ0v) is 14.1. The predicted molar refractivity (Wildman–Crippen MR) is 93.9 cm³/mol. The monoisotopic (exact) mass is 334 g/mol. The molecule has 0 saturated heterocycles. The number of ether oxygens (including phenoxy) is 2. The molecule has 1 heterocycles. The van der Waals surface area contributed by atoms with Gasteiger partial charge in [0.25, 0.3) is 0 Å². The summed E-state index contributed by atoms with van der Waals surface area (Å²) in [7, 11) is 0. The Hall–Kier alpha value is -3.26. The Kier molecular flexibility index (Phi) is 4.44. The molecule has 1 aliphatic rings. The number of benzene rings is 2. The minimum absolute atomic E-state index is 0.0196. The molecule has 0 saturated carbocycles. The van der Waals surface area contributed by atoms with Crippen LogP contribution in [0.15, 0.2) is 65.3 Å². The molecular formula is C20H18N2O3. The zero-order valence-electron chi connectivity index (χ0n) is 14.1. The number of hydrogen-bond acceptors (Lipinski definition) is 5. The Bertz CT molecular complexity index is 951. The van der Waals surface area contributed by atoms with Crippen LogP contribution in [0.4, 0.5) is 0 Å². The third-order valence-electron chi connectivity index (χ3n) is 4.21. The SMILES string of the molecule is CCOC(=O)C1=C(C)OC(N)=C(C#N)[C@H]1c1ccc2ccccc2c1. The molecule has 0 aromatic heterocycles. The summed E-state index contributed by atoms with van der Waals surface area (Å²) in [6, 6.07) is 15.8. The van der Waals surface area contributed by atoms with Crippen LogP contribution in [-0.2, 0) is 14.3 Å². The molecule has 5 heteroatoms. The molecule has 126 valence electrons. The van der Waals surface area contributed by atoms with Crippen molar-refractivity contribution < 1.29 is 14.3 Å². The molecule has 0 unspecified atom stereocenters. The van der Waals surface area contributed by atoms with Crippen molar-refractivity contribution in [1.82, 2.24) is 0 Å². The summed E-state index contributed by atoms with van der Waals surface area (Å²) in [4.78, 5) is 12.5. The van der Waals surface area contributed by atoms with E-state index in [1.54, 1.807) is 13.8 Å². The van der Waals surface area contributed by atoms with Crippen molar-refractivity contribution in [3.05, 3.63) is 70.8 Å². The van der Waals surface area contributed by atoms with Gasteiger partial charge in [0.15, 0.2) is 0 Å². The predicted octanol–water partition coefficient (Wildman–Crippen LogP) is 3.48. The summed E-state index contributed by atoms with van der Waals surface area (Å²) < 4.78 is 10.6. The van der Waals surface area contributed by atoms with Crippen molar-refractivity contribution >= 4 is 16.7 Å². The maximum atomic E-state index is 12.5. The van der Waals surface area contributed by atoms with E-state index in [0.29, 0.717) is 11.3 Å². The molecule has 2 aromatic carbocycles. The van der Waals surface area contributed by atoms with Crippen molar-refractivity contribution in [2.75, 3.05) is 6.61 Å². The van der Waals surface area contributed by atoms with E-state index in [0.717, 1.165) is 16.3 Å². The first kappa shape index (κ1) is 16.6. The molecule has 2 aromatic rings. The van der Waals surface area contributed by atoms with Crippen LogP contribution >= 0.6 is 0 Å². The van der Waals surface area contributed by atoms with Gasteiger partial charge in [-0.2, -0.15) is 5.26 Å². The third-order valence-corrected chi connectivity index (χ3v) is 4.21. The van der Waals surface area contributed by atoms with Crippen LogP contribution in [0.1, 0.15) is 25.3 Å². The van der Waals surface area contributed by atoms with Crippen LogP contribution in [0.5, 0.6) is 0 Å². The van der Waals surface area contributed by atoms with E-state index in [-0.39, 0.29) is 18.1 Å². The molecule has 2 N–H and O–H groups in total. The zero-order chi connectivity index (χ0) is 18.0. The average molecular weight is 334 g/mol. The van der Waals surface area contributed by atoms with Gasteiger partial charge < -0.3 is 15.2 Å². The van der Waals surface area contributed by atoms with Gasteiger partial charge in [0, 0.05) is 0 Å². The molecular weight excluding hydrogens is 316 g/mol. The summed E-state index contributed by atoms with van der Waals surface area (Å²) in [6.45, 7) is 3.63. The van der Waals surface area contributed by atoms with Crippen LogP contribution in [0, 0.1) is 11.3 Å². The number of hydrogen-bond donors (Lipinski definition) is 1. The third kappa shape index (κ3) is 2.94. The standard InChI is InChI=1S/C20H18N2O3/c1-3-24-20(23)17-12(2)25-19(22)16(11-21)18(17)15-9-8-13-6-4-5-7-14(13)10-15/h4-10,18H,3,22H2,1-2H3/t18-/m1/s1. The van der Waals surface area contributed by atoms with Crippen LogP contribution in [0.2, 0.25) is 0 Å². The van der Waals surface area contributed by atoms with Gasteiger partial charge in [-0.25, -0.2) is 4.79 Å². The highest BCUT2D eigenvalue weighted by Gasteiger charge is 2.36. The first-order valence-corrected chi connectivity index (χ1v) is 8.01. The fraction of sp³-hybridized carbons (Fsp3) is 0.200. The lowest BCUT2D eigenvalue weighted by atomic mass is 9.82. The highest BCUT2D eigenvalue weighted by molar-refractivity contribution is 5.93. The van der Waals surface area contributed by atoms with Crippen molar-refractivity contribution in [2.45, 2.75) is 19.8 Å². The molecule has 1 atom stereocenters. The van der Waals surface area contributed by atoms with E-state index in [1.807, 2.05) is 42.5 Å². The molecule has 0 spiro atoms. The van der Waals surface area contributed by atoms with E-state index >= 15 is 0 Å². The van der Waals surface area contributed by atoms with Gasteiger partial charge >= 0.3 is 5.97 Å². The molecule has 3 rings (SSSR count). The lowest BCUT2D eigenvalue weighted by Gasteiger charge is -2.27. The Balaban J connectivity index is 2.19. The van der Waals surface area contributed by atoms with Crippen LogP contribution in [0.25, 0.3) is 10.8 Å². The summed E-state index contributed by atoms with van der Waals surface area (Å²) in [6.07, 6.45) is 0. The fourth-order valence-electron chi connectivity index (χ4n) is 3.08. The number of carbonyl (C=O) groups is 1. The number of nitriles is 1. The van der Waals surface area contributed by atoms with E-state index in [4.69, 9.17) is 15.2 Å². The molecule has 5 nitrogen and oxygen atoms in total. The maximum absolute atomic E-state index is 12.5. The van der Waals surface area contributed by atoms with Crippen molar-refractivity contribution in [3.8, 4) is 6.07 Å². The Morgan fingerprint density at radius 3 is 2.68 bits per heavy atom. The maximum Gasteiger partial charge on any atom is 0.338 e. The topological polar surface area (TPSA) is 85.3 Å². The second-order valence-electron chi connectivity index (χ2n) is 5.72. The highest BCUT2D eigenvalue weighted by Crippen LogP contribution is 2.40. The quantitative estimate of drug-likeness (QED) is 0.869. The van der Waals surface area contributed by atoms with Crippen LogP contribution < -0.4 is 5.73 Å². The first-order chi connectivity index (χ1) is 12.1. The van der Waals surface area contributed by atoms with Crippen molar-refractivity contribution in [2.24, 2.45) is 5.73 Å². The van der Waals surface area contributed by atoms with Crippen LogP contribution in [-0.4, -0.2) is 12.6 Å². The van der Waals surface area contributed by atoms with Crippen LogP contribution in [0.3, 0.4) is 0 Å². The number of fused-ring (bicyclic) bond motifs is 1. The lowest BCUT2D eigenvalue weighted by molar-refractivity contribution is -0.139. The summed E-state index contributed by atoms with van der Waals surface area (Å²) in [5.74, 6) is -0.736. The Labute approximate surface area is 145 Å². The van der Waals surface area contributed by atoms with Crippen molar-refractivity contribution in [1.29, 1.82) is 5.26 Å². The smallest absolute Gasteiger partial charge is 0.338 e. The van der Waals surface area contributed by atoms with Gasteiger partial charge in [-0.15, -0.1) is 0 Å². The van der Waals surface area contributed by atoms with Gasteiger partial charge in [0.2, 0.25) is 5.88 Å². The molecule has 1 aliphatic heterocycles. The minimum atomic E-state index is -0.609. The van der Waals surface area contributed by atoms with Gasteiger partial charge in [-0.05, 0) is 30.2 Å². The van der Waals surface area contributed by atoms with E-state index in [1.165, 1.54) is 0 Å². The lowest BCUT2D eigenvalue weighted by Crippen LogP contribution is -2.25. The Morgan fingerprint density at radius 2 is 2.00 bits per heavy atom. The average Bonchev–Trinajstić information content (AvgIpc) is 2.60. The van der Waals surface area contributed by atoms with Gasteiger partial charge in [0.1, 0.15) is 17.4 Å². The molecule has 0 radical (unpaired) electrons. The second-order valence-corrected chi connectivity index (χ2v) is 5.72. The highest BCUT2D eigenvalue weighted by atomic mass is 16.5. The fourth-order valence-corrected chi connectivity index (χ4v) is 3.08. The molecule has 0 fully saturated rings. The van der Waals surface area contributed by atoms with E-state index < -0.39 is 11.9 Å². The number of carbonyl (C=O) groups excluding carboxylic acids is 1. The minimum Gasteiger partial charge on any atom is -0.463 e. The molecule has 0 aliphatic carbocycles. The van der Waals surface area contributed by atoms with Gasteiger partial charge in [-0.3, -0.25) is 0 Å². The number of rotatable bonds is 3. The summed E-state index contributed by atoms with van der Waals surface area (Å²) in [5.41, 5.74) is 7.22. The second kappa shape index (κ2) is 6.70. The number of nitrogens with two attached hydrogens (primary N) is 1. The summed E-state index contributed by atoms with van der Waals surface area (Å²) >= 11 is 0. The Morgan fingerprint density at radius 1 is 1.28 bits per heavy atom. The molecule has 25 heavy (non-hydrogen) atoms. The van der Waals surface area contributed by atoms with Crippen molar-refractivity contribution in [3.63, 3.8) is 0 Å². The molecule has 0 bridgehead atoms. The van der Waals surface area contributed by atoms with Gasteiger partial charge in [-0.1, -0.05) is 42.5 Å². The van der Waals surface area contributed by atoms with E-state index in [2.05, 4.69) is 6.07 Å². The largest absolute Gasteiger partial charge is 0.463 e. The van der Waals surface area contributed by atoms with Gasteiger partial charge in [0.05, 0.1) is 18.1 Å². The number of allylic oxidation sites excluding steroid dienone is 2. The van der Waals surface area contributed by atoms with E-state index in [9.17, 15) is 10.1 Å². The molecule has 0 amide bonds. The number of esters is 1. The number of nitrogens with zero attached hydrogens (tertiary/aromatic N) is 1.